The van der Waals surface area contributed by atoms with Crippen LogP contribution in [0.25, 0.3) is 0 Å². The Bertz CT molecular complexity index is 893. The van der Waals surface area contributed by atoms with Crippen LogP contribution in [0.15, 0.2) is 36.4 Å². The summed E-state index contributed by atoms with van der Waals surface area (Å²) in [5, 5.41) is -0.0311. The van der Waals surface area contributed by atoms with E-state index in [9.17, 15) is 0 Å². The van der Waals surface area contributed by atoms with Gasteiger partial charge in [-0.25, -0.2) is 0 Å². The second kappa shape index (κ2) is 9.11. The van der Waals surface area contributed by atoms with E-state index in [1.54, 1.807) is 40.2 Å². The number of benzene rings is 2. The minimum absolute atomic E-state index is 0.0311. The largest absolute Gasteiger partial charge is 0.497 e. The van der Waals surface area contributed by atoms with Gasteiger partial charge in [0, 0.05) is 30.3 Å². The molecule has 1 aliphatic heterocycles. The molecule has 0 aliphatic carbocycles. The van der Waals surface area contributed by atoms with Crippen LogP contribution in [0.4, 0.5) is 0 Å². The van der Waals surface area contributed by atoms with Crippen molar-refractivity contribution in [3.05, 3.63) is 47.5 Å². The summed E-state index contributed by atoms with van der Waals surface area (Å²) in [6, 6.07) is 11.7. The van der Waals surface area contributed by atoms with Crippen molar-refractivity contribution in [1.82, 2.24) is 9.80 Å². The molecule has 1 saturated heterocycles. The van der Waals surface area contributed by atoms with Crippen LogP contribution < -0.4 is 18.9 Å². The predicted octanol–water partition coefficient (Wildman–Crippen LogP) is 4.31. The van der Waals surface area contributed by atoms with Crippen LogP contribution in [0.1, 0.15) is 22.7 Å². The highest BCUT2D eigenvalue weighted by Crippen LogP contribution is 2.49. The third-order valence-electron chi connectivity index (χ3n) is 5.05. The number of nitrogens with zero attached hydrogens (tertiary/aromatic N) is 2. The van der Waals surface area contributed by atoms with Crippen LogP contribution in [0, 0.1) is 0 Å². The van der Waals surface area contributed by atoms with Crippen molar-refractivity contribution in [2.45, 2.75) is 11.5 Å². The van der Waals surface area contributed by atoms with Gasteiger partial charge in [-0.05, 0) is 31.3 Å². The van der Waals surface area contributed by atoms with E-state index in [4.69, 9.17) is 31.2 Å². The minimum atomic E-state index is -0.110. The van der Waals surface area contributed by atoms with Gasteiger partial charge in [-0.1, -0.05) is 24.0 Å². The normalized spacial score (nSPS) is 19.8. The second-order valence-corrected chi connectivity index (χ2v) is 8.32. The maximum absolute atomic E-state index is 5.72. The van der Waals surface area contributed by atoms with Gasteiger partial charge in [0.05, 0.1) is 33.8 Å². The van der Waals surface area contributed by atoms with Gasteiger partial charge in [-0.15, -0.1) is 0 Å². The molecule has 6 nitrogen and oxygen atoms in total. The van der Waals surface area contributed by atoms with Crippen molar-refractivity contribution in [2.24, 2.45) is 0 Å². The molecule has 2 aromatic carbocycles. The highest BCUT2D eigenvalue weighted by atomic mass is 32.2. The zero-order valence-corrected chi connectivity index (χ0v) is 19.1. The maximum Gasteiger partial charge on any atom is 0.139 e. The molecule has 1 fully saturated rings. The summed E-state index contributed by atoms with van der Waals surface area (Å²) in [6.45, 7) is 0. The van der Waals surface area contributed by atoms with Crippen molar-refractivity contribution in [3.8, 4) is 23.0 Å². The number of hydrogen-bond donors (Lipinski definition) is 0. The Balaban J connectivity index is 2.05. The zero-order valence-electron chi connectivity index (χ0n) is 17.5. The molecule has 0 bridgehead atoms. The summed E-state index contributed by atoms with van der Waals surface area (Å²) in [5.74, 6) is 3.02. The van der Waals surface area contributed by atoms with E-state index < -0.39 is 0 Å². The number of thioether (sulfide) groups is 1. The predicted molar refractivity (Wildman–Crippen MR) is 120 cm³/mol. The van der Waals surface area contributed by atoms with E-state index in [2.05, 4.69) is 16.8 Å². The Labute approximate surface area is 181 Å². The first-order valence-electron chi connectivity index (χ1n) is 9.04. The van der Waals surface area contributed by atoms with Gasteiger partial charge in [0.15, 0.2) is 0 Å². The monoisotopic (exact) mass is 434 g/mol. The summed E-state index contributed by atoms with van der Waals surface area (Å²) in [7, 11) is 10.7. The van der Waals surface area contributed by atoms with E-state index in [1.165, 1.54) is 0 Å². The first-order valence-corrected chi connectivity index (χ1v) is 10.3. The molecule has 29 heavy (non-hydrogen) atoms. The molecule has 0 amide bonds. The van der Waals surface area contributed by atoms with Crippen LogP contribution in [0.2, 0.25) is 0 Å². The van der Waals surface area contributed by atoms with Crippen LogP contribution >= 0.6 is 24.0 Å². The smallest absolute Gasteiger partial charge is 0.139 e. The Kier molecular flexibility index (Phi) is 6.77. The molecule has 156 valence electrons. The van der Waals surface area contributed by atoms with Crippen molar-refractivity contribution in [3.63, 3.8) is 0 Å². The zero-order chi connectivity index (χ0) is 21.1. The molecule has 2 aromatic rings. The molecule has 0 N–H and O–H groups in total. The van der Waals surface area contributed by atoms with E-state index in [0.717, 1.165) is 38.4 Å². The van der Waals surface area contributed by atoms with E-state index in [-0.39, 0.29) is 11.5 Å². The number of ether oxygens (including phenoxy) is 4. The lowest BCUT2D eigenvalue weighted by molar-refractivity contribution is 0.118. The lowest BCUT2D eigenvalue weighted by Gasteiger charge is -2.46. The molecule has 0 aromatic heterocycles. The third-order valence-corrected chi connectivity index (χ3v) is 6.92. The second-order valence-electron chi connectivity index (χ2n) is 6.60. The number of rotatable bonds is 6. The van der Waals surface area contributed by atoms with Gasteiger partial charge in [0.25, 0.3) is 0 Å². The van der Waals surface area contributed by atoms with Gasteiger partial charge in [0.2, 0.25) is 0 Å². The van der Waals surface area contributed by atoms with E-state index >= 15 is 0 Å². The van der Waals surface area contributed by atoms with Gasteiger partial charge >= 0.3 is 0 Å². The van der Waals surface area contributed by atoms with Gasteiger partial charge in [0.1, 0.15) is 33.5 Å². The van der Waals surface area contributed by atoms with E-state index in [1.807, 2.05) is 43.4 Å². The molecule has 1 aliphatic rings. The van der Waals surface area contributed by atoms with Crippen molar-refractivity contribution in [2.75, 3.05) is 42.5 Å². The highest BCUT2D eigenvalue weighted by Gasteiger charge is 2.39. The molecule has 3 rings (SSSR count). The molecule has 8 heteroatoms. The van der Waals surface area contributed by atoms with Crippen molar-refractivity contribution >= 4 is 28.3 Å². The highest BCUT2D eigenvalue weighted by molar-refractivity contribution is 8.23. The summed E-state index contributed by atoms with van der Waals surface area (Å²) >= 11 is 7.34. The average molecular weight is 435 g/mol. The minimum Gasteiger partial charge on any atom is -0.497 e. The summed E-state index contributed by atoms with van der Waals surface area (Å²) in [5.41, 5.74) is 2.05. The standard InChI is InChI=1S/C21H26N2O4S2/c1-22-19(15-9-7-13(24-3)11-17(15)26-5)23(2)21(28)29-20(22)16-10-8-14(25-4)12-18(16)27-6/h7-12,19-20H,1-6H3. The Morgan fingerprint density at radius 3 is 1.83 bits per heavy atom. The Morgan fingerprint density at radius 2 is 1.31 bits per heavy atom. The Morgan fingerprint density at radius 1 is 0.793 bits per heavy atom. The number of thiocarbonyl (C=S) groups is 1. The summed E-state index contributed by atoms with van der Waals surface area (Å²) in [6.07, 6.45) is -0.110. The van der Waals surface area contributed by atoms with Gasteiger partial charge in [-0.2, -0.15) is 0 Å². The SMILES string of the molecule is COc1ccc(C2SC(=S)N(C)C(c3ccc(OC)cc3OC)N2C)c(OC)c1. The molecule has 0 radical (unpaired) electrons. The first kappa shape index (κ1) is 21.5. The fraction of sp³-hybridized carbons (Fsp3) is 0.381. The van der Waals surface area contributed by atoms with Crippen LogP contribution in [0.3, 0.4) is 0 Å². The first-order chi connectivity index (χ1) is 13.9. The summed E-state index contributed by atoms with van der Waals surface area (Å²) in [4.78, 5) is 4.34. The third kappa shape index (κ3) is 4.10. The number of methoxy groups -OCH3 is 4. The molecule has 1 heterocycles. The molecule has 2 atom stereocenters. The van der Waals surface area contributed by atoms with Gasteiger partial charge in [-0.3, -0.25) is 4.90 Å². The van der Waals surface area contributed by atoms with Gasteiger partial charge < -0.3 is 23.8 Å². The quantitative estimate of drug-likeness (QED) is 0.623. The fourth-order valence-corrected chi connectivity index (χ4v) is 4.96. The number of hydrogen-bond acceptors (Lipinski definition) is 7. The molecular weight excluding hydrogens is 408 g/mol. The maximum atomic E-state index is 5.72. The fourth-order valence-electron chi connectivity index (χ4n) is 3.53. The Hall–Kier alpha value is -2.16. The molecule has 0 saturated carbocycles. The lowest BCUT2D eigenvalue weighted by atomic mass is 10.1. The summed E-state index contributed by atoms with van der Waals surface area (Å²) < 4.78 is 22.8. The topological polar surface area (TPSA) is 43.4 Å². The molecule has 2 unspecified atom stereocenters. The van der Waals surface area contributed by atoms with E-state index in [0.29, 0.717) is 0 Å². The van der Waals surface area contributed by atoms with Crippen LogP contribution in [-0.4, -0.2) is 56.7 Å². The molecule has 0 spiro atoms. The van der Waals surface area contributed by atoms with Crippen molar-refractivity contribution in [1.29, 1.82) is 0 Å². The molecular formula is C21H26N2O4S2. The lowest BCUT2D eigenvalue weighted by Crippen LogP contribution is -2.45. The van der Waals surface area contributed by atoms with Crippen LogP contribution in [0.5, 0.6) is 23.0 Å². The van der Waals surface area contributed by atoms with Crippen LogP contribution in [-0.2, 0) is 0 Å². The average Bonchev–Trinajstić information content (AvgIpc) is 2.76. The van der Waals surface area contributed by atoms with Crippen molar-refractivity contribution < 1.29 is 18.9 Å².